The zero-order valence-corrected chi connectivity index (χ0v) is 80.4. The van der Waals surface area contributed by atoms with Crippen LogP contribution in [-0.4, -0.2) is 44.9 Å². The van der Waals surface area contributed by atoms with Crippen molar-refractivity contribution in [1.29, 1.82) is 0 Å². The Balaban J connectivity index is 0.000000110. The van der Waals surface area contributed by atoms with Gasteiger partial charge in [0.15, 0.2) is 17.5 Å². The number of aromatic nitrogens is 9. The van der Waals surface area contributed by atoms with Crippen LogP contribution in [0.25, 0.3) is 277 Å². The topological polar surface area (TPSA) is 116 Å². The smallest absolute Gasteiger partial charge is 0.161 e. The fourth-order valence-electron chi connectivity index (χ4n) is 22.2. The van der Waals surface area contributed by atoms with Crippen LogP contribution in [0.5, 0.6) is 0 Å². The van der Waals surface area contributed by atoms with E-state index in [1.165, 1.54) is 136 Å². The van der Waals surface area contributed by atoms with Gasteiger partial charge in [0.1, 0.15) is 0 Å². The summed E-state index contributed by atoms with van der Waals surface area (Å²) in [6, 6.07) is 166. The largest absolute Gasteiger partial charge is 0.265 e. The molecule has 0 unspecified atom stereocenters. The molecule has 686 valence electrons. The van der Waals surface area contributed by atoms with Crippen LogP contribution < -0.4 is 0 Å². The number of nitrogens with zero attached hydrogens (tertiary/aromatic N) is 9. The fraction of sp³-hybridized carbons (Fsp3) is 0.0217. The Morgan fingerprint density at radius 3 is 0.810 bits per heavy atom. The molecule has 0 radical (unpaired) electrons. The van der Waals surface area contributed by atoms with Crippen LogP contribution in [0.15, 0.2) is 504 Å². The average Bonchev–Trinajstić information content (AvgIpc) is 1.66. The highest BCUT2D eigenvalue weighted by atomic mass is 14.9. The number of rotatable bonds is 15. The van der Waals surface area contributed by atoms with Gasteiger partial charge in [0.05, 0.1) is 34.2 Å². The SMILES string of the molecule is CC1(C)c2ccccc2-c2ccc(-c3ccc(-c4cc(-c5ccccc5-c5cccnc5)nc(-c5ccc6ccc7cccc8ccc5c6c78)n4)cc3)cc21.c1ccc(-c2ccc(-c3cc(-c4ccc(-c5cccnc5)cc4)nc(-c4ccc5ccc6cccc7ccc4c5c67)n3)cc2)cc1.c1ccc(-c2ccc(-c3cc(-c4ccc(-c5ccncc5)cc4)nc(-c4ccc5ccc6cccc7ccc4c5c67)n3)cc2)cc1. The number of benzene rings is 22. The Morgan fingerprint density at radius 1 is 0.150 bits per heavy atom. The van der Waals surface area contributed by atoms with Gasteiger partial charge >= 0.3 is 0 Å². The fourth-order valence-corrected chi connectivity index (χ4v) is 22.2. The molecular formula is C138H89N9. The van der Waals surface area contributed by atoms with Crippen molar-refractivity contribution in [1.82, 2.24) is 44.9 Å². The van der Waals surface area contributed by atoms with Crippen LogP contribution >= 0.6 is 0 Å². The molecule has 0 saturated carbocycles. The second kappa shape index (κ2) is 36.3. The van der Waals surface area contributed by atoms with Gasteiger partial charge in [-0.2, -0.15) is 0 Å². The molecule has 1 aliphatic carbocycles. The van der Waals surface area contributed by atoms with Gasteiger partial charge in [0.2, 0.25) is 0 Å². The lowest BCUT2D eigenvalue weighted by Gasteiger charge is -2.22. The van der Waals surface area contributed by atoms with E-state index in [9.17, 15) is 0 Å². The molecule has 22 aromatic carbocycles. The number of fused-ring (bicyclic) bond motifs is 3. The molecule has 0 spiro atoms. The van der Waals surface area contributed by atoms with Crippen molar-refractivity contribution < 1.29 is 0 Å². The molecule has 0 bridgehead atoms. The summed E-state index contributed by atoms with van der Waals surface area (Å²) in [5, 5.41) is 22.3. The van der Waals surface area contributed by atoms with Crippen molar-refractivity contribution in [3.05, 3.63) is 515 Å². The lowest BCUT2D eigenvalue weighted by atomic mass is 9.81. The molecule has 28 aromatic rings. The highest BCUT2D eigenvalue weighted by molar-refractivity contribution is 6.28. The molecule has 9 heteroatoms. The van der Waals surface area contributed by atoms with E-state index in [0.29, 0.717) is 11.6 Å². The molecule has 147 heavy (non-hydrogen) atoms. The zero-order chi connectivity index (χ0) is 97.6. The van der Waals surface area contributed by atoms with Gasteiger partial charge in [-0.1, -0.05) is 414 Å². The number of hydrogen-bond donors (Lipinski definition) is 0. The predicted octanol–water partition coefficient (Wildman–Crippen LogP) is 35.6. The first-order valence-corrected chi connectivity index (χ1v) is 49.9. The van der Waals surface area contributed by atoms with Gasteiger partial charge in [-0.3, -0.25) is 15.0 Å². The van der Waals surface area contributed by atoms with Crippen LogP contribution in [0.2, 0.25) is 0 Å². The van der Waals surface area contributed by atoms with E-state index in [-0.39, 0.29) is 5.41 Å². The number of pyridine rings is 3. The molecule has 0 N–H and O–H groups in total. The maximum atomic E-state index is 5.37. The lowest BCUT2D eigenvalue weighted by Crippen LogP contribution is -2.14. The molecule has 6 heterocycles. The minimum absolute atomic E-state index is 0.0487. The van der Waals surface area contributed by atoms with E-state index in [1.54, 1.807) is 6.20 Å². The Labute approximate surface area is 850 Å². The molecule has 1 aliphatic rings. The standard InChI is InChI=1S/C52H35N3.2C43H27N3/c1-52(2)45-15-6-5-13-40(45)41-25-24-37(29-46(41)52)32-16-18-33(19-17-32)47-30-48(42-14-4-3-12-39(42)38-11-8-28-53-31-38)55-51(54-47)44-27-23-36-21-20-34-9-7-10-35-22-26-43(44)50(36)49(34)35;1-2-6-28(7-3-1)29-11-15-31(16-12-29)39-26-40(32-17-13-30(14-18-32)36-10-5-25-44-27-36)46-43(45-39)38-24-22-35-20-19-33-8-4-9-34-21-23-37(38)42(35)41(33)34;1-2-5-28(6-3-1)29-9-13-32(14-10-29)39-27-40(33-15-11-30(12-16-33)31-23-25-44-26-24-31)46-43(45-39)38-22-20-36-18-17-34-7-4-8-35-19-21-37(38)42(36)41(34)35/h3-31H,1-2H3;2*1-27H. The highest BCUT2D eigenvalue weighted by Gasteiger charge is 2.36. The first kappa shape index (κ1) is 86.7. The summed E-state index contributed by atoms with van der Waals surface area (Å²) in [5.74, 6) is 2.14. The van der Waals surface area contributed by atoms with Gasteiger partial charge in [-0.15, -0.1) is 0 Å². The summed E-state index contributed by atoms with van der Waals surface area (Å²) in [4.78, 5) is 44.5. The second-order valence-corrected chi connectivity index (χ2v) is 38.6. The van der Waals surface area contributed by atoms with E-state index in [0.717, 1.165) is 140 Å². The van der Waals surface area contributed by atoms with E-state index < -0.39 is 0 Å². The average molecular weight is 1870 g/mol. The van der Waals surface area contributed by atoms with Gasteiger partial charge in [0, 0.05) is 98.2 Å². The summed E-state index contributed by atoms with van der Waals surface area (Å²) in [6.45, 7) is 4.67. The van der Waals surface area contributed by atoms with E-state index in [4.69, 9.17) is 29.9 Å². The van der Waals surface area contributed by atoms with Crippen molar-refractivity contribution in [2.24, 2.45) is 0 Å². The Bertz CT molecular complexity index is 9270. The quantitative estimate of drug-likeness (QED) is 0.0925. The molecular weight excluding hydrogens is 1780 g/mol. The molecule has 0 atom stereocenters. The highest BCUT2D eigenvalue weighted by Crippen LogP contribution is 2.52. The van der Waals surface area contributed by atoms with Gasteiger partial charge < -0.3 is 0 Å². The summed E-state index contributed by atoms with van der Waals surface area (Å²) >= 11 is 0. The molecule has 6 aromatic heterocycles. The van der Waals surface area contributed by atoms with Crippen molar-refractivity contribution >= 4 is 97.0 Å². The monoisotopic (exact) mass is 1870 g/mol. The predicted molar refractivity (Wildman–Crippen MR) is 610 cm³/mol. The molecule has 0 fully saturated rings. The third-order valence-electron chi connectivity index (χ3n) is 29.7. The third kappa shape index (κ3) is 15.8. The maximum absolute atomic E-state index is 5.37. The van der Waals surface area contributed by atoms with Crippen molar-refractivity contribution in [2.75, 3.05) is 0 Å². The van der Waals surface area contributed by atoms with Gasteiger partial charge in [-0.05, 0) is 247 Å². The van der Waals surface area contributed by atoms with Gasteiger partial charge in [-0.25, -0.2) is 29.9 Å². The first-order valence-electron chi connectivity index (χ1n) is 49.9. The van der Waals surface area contributed by atoms with Crippen LogP contribution in [0, 0.1) is 0 Å². The van der Waals surface area contributed by atoms with Crippen molar-refractivity contribution in [2.45, 2.75) is 19.3 Å². The van der Waals surface area contributed by atoms with E-state index in [2.05, 4.69) is 460 Å². The van der Waals surface area contributed by atoms with Crippen LogP contribution in [-0.2, 0) is 5.41 Å². The van der Waals surface area contributed by atoms with Gasteiger partial charge in [0.25, 0.3) is 0 Å². The summed E-state index contributed by atoms with van der Waals surface area (Å²) in [5.41, 5.74) is 33.8. The molecule has 9 nitrogen and oxygen atoms in total. The molecule has 0 amide bonds. The molecule has 0 saturated heterocycles. The van der Waals surface area contributed by atoms with Crippen molar-refractivity contribution in [3.63, 3.8) is 0 Å². The van der Waals surface area contributed by atoms with Crippen LogP contribution in [0.3, 0.4) is 0 Å². The molecule has 0 aliphatic heterocycles. The first-order chi connectivity index (χ1) is 72.6. The Kier molecular flexibility index (Phi) is 21.4. The minimum atomic E-state index is -0.0487. The summed E-state index contributed by atoms with van der Waals surface area (Å²) in [7, 11) is 0. The minimum Gasteiger partial charge on any atom is -0.265 e. The van der Waals surface area contributed by atoms with E-state index in [1.807, 2.05) is 67.4 Å². The Hall–Kier alpha value is -19.4. The summed E-state index contributed by atoms with van der Waals surface area (Å²) in [6.07, 6.45) is 11.1. The maximum Gasteiger partial charge on any atom is 0.161 e. The zero-order valence-electron chi connectivity index (χ0n) is 80.4. The number of hydrogen-bond acceptors (Lipinski definition) is 9. The summed E-state index contributed by atoms with van der Waals surface area (Å²) < 4.78 is 0. The Morgan fingerprint density at radius 2 is 0.422 bits per heavy atom. The van der Waals surface area contributed by atoms with Crippen molar-refractivity contribution in [3.8, 4) is 180 Å². The second-order valence-electron chi connectivity index (χ2n) is 38.6. The molecule has 29 rings (SSSR count). The third-order valence-corrected chi connectivity index (χ3v) is 29.7. The van der Waals surface area contributed by atoms with E-state index >= 15 is 0 Å². The van der Waals surface area contributed by atoms with Crippen LogP contribution in [0.1, 0.15) is 25.0 Å². The lowest BCUT2D eigenvalue weighted by molar-refractivity contribution is 0.660. The van der Waals surface area contributed by atoms with Crippen LogP contribution in [0.4, 0.5) is 0 Å². The normalized spacial score (nSPS) is 12.1.